The predicted octanol–water partition coefficient (Wildman–Crippen LogP) is 2.86. The fourth-order valence-corrected chi connectivity index (χ4v) is 3.85. The molecule has 0 spiro atoms. The van der Waals surface area contributed by atoms with Crippen molar-refractivity contribution in [1.29, 1.82) is 0 Å². The molecule has 4 rings (SSSR count). The molecule has 1 unspecified atom stereocenters. The minimum atomic E-state index is -0.241. The first-order valence-electron chi connectivity index (χ1n) is 8.52. The number of ether oxygens (including phenoxy) is 1. The van der Waals surface area contributed by atoms with Gasteiger partial charge in [0.05, 0.1) is 19.0 Å². The molecule has 0 aliphatic carbocycles. The lowest BCUT2D eigenvalue weighted by Crippen LogP contribution is -2.50. The number of nitrogens with zero attached hydrogens (tertiary/aromatic N) is 4. The molecule has 3 heterocycles. The maximum atomic E-state index is 12.9. The first-order valence-corrected chi connectivity index (χ1v) is 8.90. The minimum absolute atomic E-state index is 0.241. The molecule has 5 nitrogen and oxygen atoms in total. The summed E-state index contributed by atoms with van der Waals surface area (Å²) < 4.78 is 18.8. The fraction of sp³-hybridized carbons (Fsp3) is 0.444. The van der Waals surface area contributed by atoms with Crippen LogP contribution in [0.25, 0.3) is 0 Å². The van der Waals surface area contributed by atoms with E-state index in [1.807, 2.05) is 0 Å². The zero-order valence-electron chi connectivity index (χ0n) is 13.8. The summed E-state index contributed by atoms with van der Waals surface area (Å²) in [6.45, 7) is 4.57. The van der Waals surface area contributed by atoms with Crippen molar-refractivity contribution in [1.82, 2.24) is 14.9 Å². The minimum Gasteiger partial charge on any atom is -0.493 e. The molecule has 2 fully saturated rings. The Morgan fingerprint density at radius 1 is 1.16 bits per heavy atom. The van der Waals surface area contributed by atoms with E-state index in [9.17, 15) is 4.39 Å². The number of halogens is 2. The molecule has 2 atom stereocenters. The maximum Gasteiger partial charge on any atom is 0.149 e. The molecule has 0 radical (unpaired) electrons. The van der Waals surface area contributed by atoms with Gasteiger partial charge in [0, 0.05) is 38.1 Å². The van der Waals surface area contributed by atoms with Crippen LogP contribution in [0.3, 0.4) is 0 Å². The van der Waals surface area contributed by atoms with Gasteiger partial charge in [-0.2, -0.15) is 0 Å². The largest absolute Gasteiger partial charge is 0.493 e. The average molecular weight is 363 g/mol. The quantitative estimate of drug-likeness (QED) is 0.836. The van der Waals surface area contributed by atoms with E-state index in [0.29, 0.717) is 23.7 Å². The Hall–Kier alpha value is -1.92. The van der Waals surface area contributed by atoms with Crippen LogP contribution in [0.2, 0.25) is 5.15 Å². The molecule has 0 saturated carbocycles. The first kappa shape index (κ1) is 16.5. The summed E-state index contributed by atoms with van der Waals surface area (Å²) in [5.41, 5.74) is 0. The third-order valence-electron chi connectivity index (χ3n) is 4.92. The zero-order chi connectivity index (χ0) is 17.2. The van der Waals surface area contributed by atoms with Crippen molar-refractivity contribution in [3.8, 4) is 5.75 Å². The number of fused-ring (bicyclic) bond motifs is 1. The Kier molecular flexibility index (Phi) is 4.72. The highest BCUT2D eigenvalue weighted by Crippen LogP contribution is 2.29. The molecule has 1 aromatic carbocycles. The Labute approximate surface area is 151 Å². The summed E-state index contributed by atoms with van der Waals surface area (Å²) in [6.07, 6.45) is 4.41. The number of benzene rings is 1. The van der Waals surface area contributed by atoms with Crippen LogP contribution in [-0.2, 0) is 0 Å². The van der Waals surface area contributed by atoms with Gasteiger partial charge in [0.15, 0.2) is 0 Å². The Balaban J connectivity index is 1.33. The van der Waals surface area contributed by atoms with Crippen LogP contribution in [0.15, 0.2) is 36.7 Å². The maximum absolute atomic E-state index is 12.9. The molecular weight excluding hydrogens is 343 g/mol. The van der Waals surface area contributed by atoms with Crippen molar-refractivity contribution in [3.05, 3.63) is 47.6 Å². The van der Waals surface area contributed by atoms with E-state index in [-0.39, 0.29) is 5.82 Å². The summed E-state index contributed by atoms with van der Waals surface area (Å²) in [4.78, 5) is 13.3. The van der Waals surface area contributed by atoms with Gasteiger partial charge in [0.1, 0.15) is 22.5 Å². The predicted molar refractivity (Wildman–Crippen MR) is 94.6 cm³/mol. The number of hydrogen-bond acceptors (Lipinski definition) is 5. The first-order chi connectivity index (χ1) is 12.2. The lowest BCUT2D eigenvalue weighted by atomic mass is 10.1. The van der Waals surface area contributed by atoms with Gasteiger partial charge in [-0.25, -0.2) is 9.37 Å². The summed E-state index contributed by atoms with van der Waals surface area (Å²) in [7, 11) is 0. The number of rotatable bonds is 4. The van der Waals surface area contributed by atoms with E-state index in [0.717, 1.165) is 44.2 Å². The van der Waals surface area contributed by atoms with Crippen LogP contribution < -0.4 is 9.64 Å². The third-order valence-corrected chi connectivity index (χ3v) is 5.10. The Morgan fingerprint density at radius 3 is 2.80 bits per heavy atom. The molecule has 132 valence electrons. The van der Waals surface area contributed by atoms with Gasteiger partial charge >= 0.3 is 0 Å². The summed E-state index contributed by atoms with van der Waals surface area (Å²) >= 11 is 5.96. The van der Waals surface area contributed by atoms with Crippen LogP contribution in [-0.4, -0.2) is 53.7 Å². The SMILES string of the molecule is Fc1ccc(OC[C@H]2CC3CN(c4cncc(Cl)n4)CCN3C2)cc1. The van der Waals surface area contributed by atoms with Crippen LogP contribution in [0, 0.1) is 11.7 Å². The van der Waals surface area contributed by atoms with Crippen molar-refractivity contribution in [2.75, 3.05) is 37.7 Å². The number of hydrogen-bond donors (Lipinski definition) is 0. The smallest absolute Gasteiger partial charge is 0.149 e. The topological polar surface area (TPSA) is 41.5 Å². The fourth-order valence-electron chi connectivity index (χ4n) is 3.71. The molecule has 2 aromatic rings. The highest BCUT2D eigenvalue weighted by Gasteiger charge is 2.36. The van der Waals surface area contributed by atoms with Crippen LogP contribution in [0.4, 0.5) is 10.2 Å². The van der Waals surface area contributed by atoms with Gasteiger partial charge in [-0.05, 0) is 30.7 Å². The summed E-state index contributed by atoms with van der Waals surface area (Å²) in [5.74, 6) is 1.82. The van der Waals surface area contributed by atoms with E-state index in [1.54, 1.807) is 24.5 Å². The second-order valence-electron chi connectivity index (χ2n) is 6.66. The average Bonchev–Trinajstić information content (AvgIpc) is 3.03. The van der Waals surface area contributed by atoms with E-state index in [1.165, 1.54) is 12.1 Å². The van der Waals surface area contributed by atoms with Crippen molar-refractivity contribution in [2.45, 2.75) is 12.5 Å². The van der Waals surface area contributed by atoms with Crippen molar-refractivity contribution >= 4 is 17.4 Å². The van der Waals surface area contributed by atoms with Gasteiger partial charge in [0.2, 0.25) is 0 Å². The highest BCUT2D eigenvalue weighted by molar-refractivity contribution is 6.29. The lowest BCUT2D eigenvalue weighted by Gasteiger charge is -2.37. The number of anilines is 1. The van der Waals surface area contributed by atoms with Crippen LogP contribution in [0.1, 0.15) is 6.42 Å². The van der Waals surface area contributed by atoms with E-state index in [2.05, 4.69) is 19.8 Å². The molecule has 1 aromatic heterocycles. The second-order valence-corrected chi connectivity index (χ2v) is 7.05. The zero-order valence-corrected chi connectivity index (χ0v) is 14.6. The van der Waals surface area contributed by atoms with Gasteiger partial charge in [0.25, 0.3) is 0 Å². The van der Waals surface area contributed by atoms with Gasteiger partial charge in [-0.15, -0.1) is 0 Å². The molecule has 0 bridgehead atoms. The van der Waals surface area contributed by atoms with Crippen molar-refractivity contribution < 1.29 is 9.13 Å². The van der Waals surface area contributed by atoms with E-state index >= 15 is 0 Å². The van der Waals surface area contributed by atoms with E-state index in [4.69, 9.17) is 16.3 Å². The second kappa shape index (κ2) is 7.14. The van der Waals surface area contributed by atoms with Crippen LogP contribution in [0.5, 0.6) is 5.75 Å². The summed E-state index contributed by atoms with van der Waals surface area (Å²) in [5, 5.41) is 0.428. The van der Waals surface area contributed by atoms with Crippen molar-refractivity contribution in [2.24, 2.45) is 5.92 Å². The molecule has 0 N–H and O–H groups in total. The van der Waals surface area contributed by atoms with Gasteiger partial charge in [-0.3, -0.25) is 9.88 Å². The normalized spacial score (nSPS) is 23.5. The molecular formula is C18H20ClFN4O. The number of piperazine rings is 1. The molecule has 2 aliphatic rings. The van der Waals surface area contributed by atoms with Gasteiger partial charge in [-0.1, -0.05) is 11.6 Å². The highest BCUT2D eigenvalue weighted by atomic mass is 35.5. The summed E-state index contributed by atoms with van der Waals surface area (Å²) in [6, 6.07) is 6.71. The molecule has 25 heavy (non-hydrogen) atoms. The molecule has 0 amide bonds. The monoisotopic (exact) mass is 362 g/mol. The third kappa shape index (κ3) is 3.85. The lowest BCUT2D eigenvalue weighted by molar-refractivity contribution is 0.216. The Morgan fingerprint density at radius 2 is 2.00 bits per heavy atom. The van der Waals surface area contributed by atoms with Gasteiger partial charge < -0.3 is 9.64 Å². The number of aromatic nitrogens is 2. The van der Waals surface area contributed by atoms with Crippen molar-refractivity contribution in [3.63, 3.8) is 0 Å². The Bertz CT molecular complexity index is 729. The van der Waals surface area contributed by atoms with E-state index < -0.39 is 0 Å². The molecule has 2 saturated heterocycles. The molecule has 7 heteroatoms. The standard InChI is InChI=1S/C18H20ClFN4O/c19-17-8-21-9-18(22-17)24-6-5-23-10-13(7-15(23)11-24)12-25-16-3-1-14(20)2-4-16/h1-4,8-9,13,15H,5-7,10-12H2/t13-,15?/m0/s1. The molecule has 2 aliphatic heterocycles. The van der Waals surface area contributed by atoms with Crippen LogP contribution >= 0.6 is 11.6 Å².